The SMILES string of the molecule is COc1cc(NC(=O)CN(C)C(=O)OC(C)(C)C)ccc1NC(=O)c1cccnc1. The third kappa shape index (κ3) is 6.77. The Balaban J connectivity index is 2.01. The standard InChI is InChI=1S/C21H26N4O5/c1-21(2,3)30-20(28)25(4)13-18(26)23-15-8-9-16(17(11-15)29-5)24-19(27)14-7-6-10-22-12-14/h6-12H,13H2,1-5H3,(H,23,26)(H,24,27). The number of ether oxygens (including phenoxy) is 2. The zero-order valence-electron chi connectivity index (χ0n) is 17.7. The Kier molecular flexibility index (Phi) is 7.35. The number of nitrogens with zero attached hydrogens (tertiary/aromatic N) is 2. The molecule has 0 saturated carbocycles. The fraction of sp³-hybridized carbons (Fsp3) is 0.333. The quantitative estimate of drug-likeness (QED) is 0.751. The summed E-state index contributed by atoms with van der Waals surface area (Å²) in [5.74, 6) is -0.375. The zero-order valence-corrected chi connectivity index (χ0v) is 17.7. The molecule has 0 aliphatic heterocycles. The van der Waals surface area contributed by atoms with Crippen molar-refractivity contribution >= 4 is 29.3 Å². The Morgan fingerprint density at radius 1 is 1.13 bits per heavy atom. The number of aromatic nitrogens is 1. The Bertz CT molecular complexity index is 909. The van der Waals surface area contributed by atoms with Gasteiger partial charge >= 0.3 is 6.09 Å². The Morgan fingerprint density at radius 2 is 1.87 bits per heavy atom. The normalized spacial score (nSPS) is 10.7. The van der Waals surface area contributed by atoms with E-state index >= 15 is 0 Å². The minimum absolute atomic E-state index is 0.184. The van der Waals surface area contributed by atoms with E-state index in [4.69, 9.17) is 9.47 Å². The Hall–Kier alpha value is -3.62. The molecule has 1 heterocycles. The average molecular weight is 414 g/mol. The Labute approximate surface area is 175 Å². The molecule has 2 N–H and O–H groups in total. The van der Waals surface area contributed by atoms with E-state index < -0.39 is 17.6 Å². The van der Waals surface area contributed by atoms with Crippen molar-refractivity contribution in [3.8, 4) is 5.75 Å². The minimum atomic E-state index is -0.648. The maximum absolute atomic E-state index is 12.3. The lowest BCUT2D eigenvalue weighted by atomic mass is 10.2. The van der Waals surface area contributed by atoms with Gasteiger partial charge in [0.25, 0.3) is 5.91 Å². The molecule has 0 bridgehead atoms. The van der Waals surface area contributed by atoms with Crippen LogP contribution in [0.2, 0.25) is 0 Å². The number of carbonyl (C=O) groups excluding carboxylic acids is 3. The highest BCUT2D eigenvalue weighted by atomic mass is 16.6. The first-order valence-electron chi connectivity index (χ1n) is 9.22. The molecule has 3 amide bonds. The van der Waals surface area contributed by atoms with E-state index in [1.165, 1.54) is 25.3 Å². The lowest BCUT2D eigenvalue weighted by molar-refractivity contribution is -0.117. The van der Waals surface area contributed by atoms with E-state index in [1.807, 2.05) is 0 Å². The van der Waals surface area contributed by atoms with E-state index in [0.29, 0.717) is 22.7 Å². The van der Waals surface area contributed by atoms with Gasteiger partial charge in [-0.15, -0.1) is 0 Å². The van der Waals surface area contributed by atoms with Crippen LogP contribution in [0.3, 0.4) is 0 Å². The van der Waals surface area contributed by atoms with Crippen molar-refractivity contribution in [2.24, 2.45) is 0 Å². The third-order valence-electron chi connectivity index (χ3n) is 3.74. The van der Waals surface area contributed by atoms with E-state index in [9.17, 15) is 14.4 Å². The number of methoxy groups -OCH3 is 1. The second kappa shape index (κ2) is 9.73. The number of hydrogen-bond donors (Lipinski definition) is 2. The number of pyridine rings is 1. The summed E-state index contributed by atoms with van der Waals surface area (Å²) in [4.78, 5) is 41.6. The van der Waals surface area contributed by atoms with Gasteiger partial charge in [0, 0.05) is 31.2 Å². The maximum atomic E-state index is 12.3. The third-order valence-corrected chi connectivity index (χ3v) is 3.74. The van der Waals surface area contributed by atoms with E-state index in [-0.39, 0.29) is 12.5 Å². The van der Waals surface area contributed by atoms with Gasteiger partial charge in [-0.2, -0.15) is 0 Å². The highest BCUT2D eigenvalue weighted by Crippen LogP contribution is 2.28. The summed E-state index contributed by atoms with van der Waals surface area (Å²) in [6.07, 6.45) is 2.44. The number of rotatable bonds is 6. The number of nitrogens with one attached hydrogen (secondary N) is 2. The van der Waals surface area contributed by atoms with E-state index in [0.717, 1.165) is 0 Å². The fourth-order valence-corrected chi connectivity index (χ4v) is 2.38. The van der Waals surface area contributed by atoms with Gasteiger partial charge in [0.05, 0.1) is 18.4 Å². The van der Waals surface area contributed by atoms with Crippen molar-refractivity contribution in [2.45, 2.75) is 26.4 Å². The van der Waals surface area contributed by atoms with Crippen LogP contribution in [-0.2, 0) is 9.53 Å². The summed E-state index contributed by atoms with van der Waals surface area (Å²) in [5, 5.41) is 5.43. The fourth-order valence-electron chi connectivity index (χ4n) is 2.38. The van der Waals surface area contributed by atoms with Crippen molar-refractivity contribution < 1.29 is 23.9 Å². The minimum Gasteiger partial charge on any atom is -0.494 e. The van der Waals surface area contributed by atoms with Crippen LogP contribution in [0.1, 0.15) is 31.1 Å². The van der Waals surface area contributed by atoms with Gasteiger partial charge in [-0.3, -0.25) is 14.6 Å². The van der Waals surface area contributed by atoms with Crippen LogP contribution in [0, 0.1) is 0 Å². The highest BCUT2D eigenvalue weighted by Gasteiger charge is 2.21. The lowest BCUT2D eigenvalue weighted by Crippen LogP contribution is -2.38. The molecule has 0 spiro atoms. The summed E-state index contributed by atoms with van der Waals surface area (Å²) < 4.78 is 10.5. The number of benzene rings is 1. The van der Waals surface area contributed by atoms with Crippen molar-refractivity contribution in [3.63, 3.8) is 0 Å². The Morgan fingerprint density at radius 3 is 2.47 bits per heavy atom. The molecular formula is C21H26N4O5. The zero-order chi connectivity index (χ0) is 22.3. The summed E-state index contributed by atoms with van der Waals surface area (Å²) in [5.41, 5.74) is 0.650. The van der Waals surface area contributed by atoms with Gasteiger partial charge < -0.3 is 25.0 Å². The van der Waals surface area contributed by atoms with E-state index in [2.05, 4.69) is 15.6 Å². The average Bonchev–Trinajstić information content (AvgIpc) is 2.68. The molecular weight excluding hydrogens is 388 g/mol. The number of hydrogen-bond acceptors (Lipinski definition) is 6. The van der Waals surface area contributed by atoms with Crippen LogP contribution in [-0.4, -0.2) is 54.1 Å². The first-order chi connectivity index (χ1) is 14.1. The monoisotopic (exact) mass is 414 g/mol. The molecule has 0 saturated heterocycles. The number of anilines is 2. The van der Waals surface area contributed by atoms with Gasteiger partial charge in [-0.05, 0) is 45.0 Å². The molecule has 0 fully saturated rings. The second-order valence-corrected chi connectivity index (χ2v) is 7.50. The van der Waals surface area contributed by atoms with Crippen molar-refractivity contribution in [3.05, 3.63) is 48.3 Å². The van der Waals surface area contributed by atoms with Crippen LogP contribution < -0.4 is 15.4 Å². The summed E-state index contributed by atoms with van der Waals surface area (Å²) in [7, 11) is 2.93. The molecule has 0 aliphatic carbocycles. The van der Waals surface area contributed by atoms with Crippen LogP contribution in [0.15, 0.2) is 42.7 Å². The molecule has 0 aliphatic rings. The first kappa shape index (κ1) is 22.7. The molecule has 1 aromatic heterocycles. The van der Waals surface area contributed by atoms with Gasteiger partial charge in [-0.25, -0.2) is 4.79 Å². The molecule has 9 heteroatoms. The predicted molar refractivity (Wildman–Crippen MR) is 113 cm³/mol. The first-order valence-corrected chi connectivity index (χ1v) is 9.22. The highest BCUT2D eigenvalue weighted by molar-refractivity contribution is 6.05. The van der Waals surface area contributed by atoms with E-state index in [1.54, 1.807) is 57.3 Å². The molecule has 2 rings (SSSR count). The van der Waals surface area contributed by atoms with Crippen molar-refractivity contribution in [1.82, 2.24) is 9.88 Å². The maximum Gasteiger partial charge on any atom is 0.410 e. The number of likely N-dealkylation sites (N-methyl/N-ethyl adjacent to an activating group) is 1. The number of amides is 3. The lowest BCUT2D eigenvalue weighted by Gasteiger charge is -2.24. The van der Waals surface area contributed by atoms with Gasteiger partial charge in [0.1, 0.15) is 17.9 Å². The van der Waals surface area contributed by atoms with Gasteiger partial charge in [-0.1, -0.05) is 0 Å². The number of carbonyl (C=O) groups is 3. The molecule has 160 valence electrons. The molecule has 0 radical (unpaired) electrons. The molecule has 0 atom stereocenters. The van der Waals surface area contributed by atoms with Gasteiger partial charge in [0.2, 0.25) is 5.91 Å². The summed E-state index contributed by atoms with van der Waals surface area (Å²) >= 11 is 0. The molecule has 30 heavy (non-hydrogen) atoms. The largest absolute Gasteiger partial charge is 0.494 e. The van der Waals surface area contributed by atoms with Crippen LogP contribution in [0.5, 0.6) is 5.75 Å². The summed E-state index contributed by atoms with van der Waals surface area (Å²) in [6, 6.07) is 8.11. The second-order valence-electron chi connectivity index (χ2n) is 7.50. The van der Waals surface area contributed by atoms with Crippen LogP contribution >= 0.6 is 0 Å². The summed E-state index contributed by atoms with van der Waals surface area (Å²) in [6.45, 7) is 5.07. The molecule has 2 aromatic rings. The van der Waals surface area contributed by atoms with Crippen LogP contribution in [0.25, 0.3) is 0 Å². The van der Waals surface area contributed by atoms with Crippen molar-refractivity contribution in [1.29, 1.82) is 0 Å². The van der Waals surface area contributed by atoms with Gasteiger partial charge in [0.15, 0.2) is 0 Å². The topological polar surface area (TPSA) is 110 Å². The van der Waals surface area contributed by atoms with Crippen LogP contribution in [0.4, 0.5) is 16.2 Å². The predicted octanol–water partition coefficient (Wildman–Crippen LogP) is 3.15. The molecule has 0 unspecified atom stereocenters. The molecule has 9 nitrogen and oxygen atoms in total. The smallest absolute Gasteiger partial charge is 0.410 e. The van der Waals surface area contributed by atoms with Crippen molar-refractivity contribution in [2.75, 3.05) is 31.3 Å². The molecule has 1 aromatic carbocycles.